The van der Waals surface area contributed by atoms with Crippen LogP contribution in [-0.4, -0.2) is 59.3 Å². The standard InChI is InChI=1S/C51H76N4O3/c1-10-31-55(11-2)32-30-54-51-25-18-38(35(3)4)43(51)40-14-15-42-47(7)21-19-39(46(5,6)41(47)20-22-49(42,9)48(40,8)26-27-51)36-16-23-50(24-17-36,45(56)57)28-33-58-44-37(34-52)13-12-29-53-44/h12-13,16,19,29,38,40-43,54H,3,10-11,14-15,17-18,20-28,30-33H2,1-2,4-9H3,(H,56,57)/t38-,40+,41-,42+,43+,47-,48+,49+,50?,51-/m0/s1. The number of ether oxygens (including phenoxy) is 1. The van der Waals surface area contributed by atoms with Gasteiger partial charge in [-0.25, -0.2) is 4.98 Å². The minimum Gasteiger partial charge on any atom is -0.481 e. The molecule has 1 aromatic heterocycles. The maximum atomic E-state index is 12.8. The van der Waals surface area contributed by atoms with Crippen LogP contribution in [0.2, 0.25) is 0 Å². The van der Waals surface area contributed by atoms with E-state index >= 15 is 0 Å². The Labute approximate surface area is 351 Å². The summed E-state index contributed by atoms with van der Waals surface area (Å²) in [5.74, 6) is 2.83. The zero-order valence-electron chi connectivity index (χ0n) is 37.5. The number of hydrogen-bond donors (Lipinski definition) is 2. The molecule has 7 nitrogen and oxygen atoms in total. The van der Waals surface area contributed by atoms with Gasteiger partial charge in [-0.15, -0.1) is 0 Å². The van der Waals surface area contributed by atoms with E-state index in [1.165, 1.54) is 81.1 Å². The summed E-state index contributed by atoms with van der Waals surface area (Å²) in [6.07, 6.45) is 21.5. The summed E-state index contributed by atoms with van der Waals surface area (Å²) in [5.41, 5.74) is 4.86. The molecular formula is C51H76N4O3. The first-order valence-corrected chi connectivity index (χ1v) is 23.3. The van der Waals surface area contributed by atoms with Crippen LogP contribution in [0.1, 0.15) is 151 Å². The molecule has 6 aliphatic rings. The van der Waals surface area contributed by atoms with Crippen LogP contribution in [-0.2, 0) is 4.79 Å². The molecule has 0 spiro atoms. The molecule has 0 aliphatic heterocycles. The number of allylic oxidation sites excluding steroid dienone is 5. The predicted octanol–water partition coefficient (Wildman–Crippen LogP) is 11.2. The van der Waals surface area contributed by atoms with Crippen LogP contribution in [0.25, 0.3) is 0 Å². The molecule has 4 fully saturated rings. The third-order valence-corrected chi connectivity index (χ3v) is 18.7. The average molecular weight is 793 g/mol. The largest absolute Gasteiger partial charge is 0.481 e. The van der Waals surface area contributed by atoms with Crippen molar-refractivity contribution in [2.75, 3.05) is 32.8 Å². The van der Waals surface area contributed by atoms with Crippen molar-refractivity contribution in [2.24, 2.45) is 56.7 Å². The van der Waals surface area contributed by atoms with Gasteiger partial charge < -0.3 is 20.1 Å². The third-order valence-electron chi connectivity index (χ3n) is 18.7. The first-order chi connectivity index (χ1) is 27.6. The summed E-state index contributed by atoms with van der Waals surface area (Å²) < 4.78 is 5.88. The van der Waals surface area contributed by atoms with Crippen LogP contribution in [0, 0.1) is 68.0 Å². The number of aromatic nitrogens is 1. The number of carboxylic acid groups (broad SMARTS) is 1. The van der Waals surface area contributed by atoms with Gasteiger partial charge in [0.05, 0.1) is 12.0 Å². The molecule has 4 saturated carbocycles. The number of nitriles is 1. The molecule has 7 heteroatoms. The van der Waals surface area contributed by atoms with E-state index in [4.69, 9.17) is 4.74 Å². The van der Waals surface area contributed by atoms with Crippen molar-refractivity contribution in [3.63, 3.8) is 0 Å². The molecule has 1 aromatic rings. The number of rotatable bonds is 14. The topological polar surface area (TPSA) is 98.5 Å². The molecule has 0 radical (unpaired) electrons. The van der Waals surface area contributed by atoms with Gasteiger partial charge in [0.1, 0.15) is 11.6 Å². The minimum absolute atomic E-state index is 0.0171. The van der Waals surface area contributed by atoms with Gasteiger partial charge >= 0.3 is 5.97 Å². The third kappa shape index (κ3) is 6.93. The quantitative estimate of drug-likeness (QED) is 0.181. The Morgan fingerprint density at radius 3 is 2.47 bits per heavy atom. The van der Waals surface area contributed by atoms with E-state index in [1.54, 1.807) is 18.3 Å². The normalized spacial score (nSPS) is 38.9. The highest BCUT2D eigenvalue weighted by molar-refractivity contribution is 5.75. The van der Waals surface area contributed by atoms with Crippen LogP contribution in [0.3, 0.4) is 0 Å². The average Bonchev–Trinajstić information content (AvgIpc) is 3.58. The highest BCUT2D eigenvalue weighted by Gasteiger charge is 2.70. The fraction of sp³-hybridized carbons (Fsp3) is 0.745. The zero-order chi connectivity index (χ0) is 41.7. The lowest BCUT2D eigenvalue weighted by atomic mass is 9.33. The number of likely N-dealkylation sites (N-methyl/N-ethyl adjacent to an activating group) is 1. The Kier molecular flexibility index (Phi) is 12.0. The van der Waals surface area contributed by atoms with E-state index in [9.17, 15) is 15.2 Å². The van der Waals surface area contributed by atoms with E-state index in [-0.39, 0.29) is 28.9 Å². The fourth-order valence-corrected chi connectivity index (χ4v) is 15.4. The van der Waals surface area contributed by atoms with E-state index in [2.05, 4.69) is 95.4 Å². The summed E-state index contributed by atoms with van der Waals surface area (Å²) in [6.45, 7) is 29.6. The molecule has 0 amide bonds. The number of pyridine rings is 1. The van der Waals surface area contributed by atoms with Gasteiger partial charge in [0.25, 0.3) is 0 Å². The lowest BCUT2D eigenvalue weighted by Gasteiger charge is -2.72. The highest BCUT2D eigenvalue weighted by Crippen LogP contribution is 2.76. The molecule has 0 aromatic carbocycles. The predicted molar refractivity (Wildman–Crippen MR) is 234 cm³/mol. The summed E-state index contributed by atoms with van der Waals surface area (Å²) in [5, 5.41) is 24.3. The number of hydrogen-bond acceptors (Lipinski definition) is 6. The zero-order valence-corrected chi connectivity index (χ0v) is 37.5. The highest BCUT2D eigenvalue weighted by atomic mass is 16.5. The molecule has 6 aliphatic carbocycles. The monoisotopic (exact) mass is 793 g/mol. The molecule has 0 saturated heterocycles. The summed E-state index contributed by atoms with van der Waals surface area (Å²) in [4.78, 5) is 19.7. The Hall–Kier alpha value is -2.95. The Morgan fingerprint density at radius 1 is 1.00 bits per heavy atom. The lowest BCUT2D eigenvalue weighted by Crippen LogP contribution is -2.68. The van der Waals surface area contributed by atoms with E-state index in [0.29, 0.717) is 59.3 Å². The first-order valence-electron chi connectivity index (χ1n) is 23.3. The van der Waals surface area contributed by atoms with Crippen molar-refractivity contribution in [1.29, 1.82) is 5.26 Å². The van der Waals surface area contributed by atoms with Gasteiger partial charge in [-0.3, -0.25) is 4.79 Å². The lowest BCUT2D eigenvalue weighted by molar-refractivity contribution is -0.221. The van der Waals surface area contributed by atoms with Crippen LogP contribution >= 0.6 is 0 Å². The van der Waals surface area contributed by atoms with Gasteiger partial charge in [0.2, 0.25) is 5.88 Å². The Bertz CT molecular complexity index is 1830. The van der Waals surface area contributed by atoms with Gasteiger partial charge in [0, 0.05) is 24.8 Å². The van der Waals surface area contributed by atoms with Gasteiger partial charge in [-0.2, -0.15) is 5.26 Å². The number of nitrogens with zero attached hydrogens (tertiary/aromatic N) is 3. The van der Waals surface area contributed by atoms with Crippen molar-refractivity contribution in [3.05, 3.63) is 59.3 Å². The number of fused-ring (bicyclic) bond motifs is 7. The Morgan fingerprint density at radius 2 is 1.79 bits per heavy atom. The smallest absolute Gasteiger partial charge is 0.310 e. The maximum Gasteiger partial charge on any atom is 0.310 e. The second-order valence-electron chi connectivity index (χ2n) is 21.3. The molecular weight excluding hydrogens is 717 g/mol. The molecule has 2 N–H and O–H groups in total. The van der Waals surface area contributed by atoms with E-state index in [0.717, 1.165) is 38.4 Å². The van der Waals surface area contributed by atoms with Crippen molar-refractivity contribution in [2.45, 2.75) is 151 Å². The van der Waals surface area contributed by atoms with Crippen LogP contribution < -0.4 is 10.1 Å². The van der Waals surface area contributed by atoms with Gasteiger partial charge in [0.15, 0.2) is 0 Å². The van der Waals surface area contributed by atoms with Crippen molar-refractivity contribution < 1.29 is 14.6 Å². The second kappa shape index (κ2) is 16.2. The molecule has 1 heterocycles. The number of nitrogens with one attached hydrogen (secondary N) is 1. The first kappa shape index (κ1) is 43.1. The van der Waals surface area contributed by atoms with Gasteiger partial charge in [-0.1, -0.05) is 72.8 Å². The maximum absolute atomic E-state index is 12.8. The van der Waals surface area contributed by atoms with E-state index < -0.39 is 11.4 Å². The fourth-order valence-electron chi connectivity index (χ4n) is 15.4. The SMILES string of the molecule is C=C(C)[C@@H]1CC[C@]2(NCCN(CC)CCC)CC[C@]3(C)[C@H](CC[C@@H]4[C@@]5(C)CC=C(C6=CCC(CCOc7ncccc7C#N)(C(=O)O)CC6)C(C)(C)[C@@H]5CC[C@]43C)[C@@H]12. The van der Waals surface area contributed by atoms with Crippen LogP contribution in [0.15, 0.2) is 53.8 Å². The summed E-state index contributed by atoms with van der Waals surface area (Å²) in [6, 6.07) is 5.51. The molecule has 1 unspecified atom stereocenters. The van der Waals surface area contributed by atoms with Crippen molar-refractivity contribution >= 4 is 5.97 Å². The van der Waals surface area contributed by atoms with Gasteiger partial charge in [-0.05, 0) is 184 Å². The number of carbonyl (C=O) groups is 1. The molecule has 10 atom stereocenters. The Balaban J connectivity index is 1.10. The molecule has 58 heavy (non-hydrogen) atoms. The molecule has 318 valence electrons. The summed E-state index contributed by atoms with van der Waals surface area (Å²) >= 11 is 0. The second-order valence-corrected chi connectivity index (χ2v) is 21.3. The number of aliphatic carboxylic acids is 1. The van der Waals surface area contributed by atoms with Crippen molar-refractivity contribution in [3.8, 4) is 11.9 Å². The number of carboxylic acids is 1. The molecule has 0 bridgehead atoms. The van der Waals surface area contributed by atoms with Crippen molar-refractivity contribution in [1.82, 2.24) is 15.2 Å². The summed E-state index contributed by atoms with van der Waals surface area (Å²) in [7, 11) is 0. The minimum atomic E-state index is -0.875. The van der Waals surface area contributed by atoms with Crippen LogP contribution in [0.5, 0.6) is 5.88 Å². The van der Waals surface area contributed by atoms with Crippen LogP contribution in [0.4, 0.5) is 0 Å². The molecule has 7 rings (SSSR count). The van der Waals surface area contributed by atoms with E-state index in [1.807, 2.05) is 0 Å².